The second-order valence-corrected chi connectivity index (χ2v) is 8.46. The van der Waals surface area contributed by atoms with Crippen LogP contribution in [0.15, 0.2) is 24.3 Å². The zero-order valence-electron chi connectivity index (χ0n) is 16.1. The highest BCUT2D eigenvalue weighted by Gasteiger charge is 2.49. The first-order valence-corrected chi connectivity index (χ1v) is 9.80. The van der Waals surface area contributed by atoms with Gasteiger partial charge in [0, 0.05) is 0 Å². The molecule has 0 saturated heterocycles. The second-order valence-electron chi connectivity index (χ2n) is 8.46. The SMILES string of the molecule is CC(C)(CCCCc1ccccc1CCCCC1(C(=O)O)CC1)C(=O)O. The number of unbranched alkanes of at least 4 members (excludes halogenated alkanes) is 2. The molecule has 0 aromatic heterocycles. The third-order valence-corrected chi connectivity index (χ3v) is 5.85. The van der Waals surface area contributed by atoms with Crippen LogP contribution in [-0.4, -0.2) is 22.2 Å². The Kier molecular flexibility index (Phi) is 6.85. The zero-order chi connectivity index (χ0) is 19.2. The molecule has 1 fully saturated rings. The number of carboxylic acids is 2. The molecule has 0 aliphatic heterocycles. The molecule has 2 rings (SSSR count). The molecule has 1 aliphatic carbocycles. The summed E-state index contributed by atoms with van der Waals surface area (Å²) in [7, 11) is 0. The van der Waals surface area contributed by atoms with Gasteiger partial charge < -0.3 is 10.2 Å². The average Bonchev–Trinajstić information content (AvgIpc) is 3.38. The van der Waals surface area contributed by atoms with E-state index in [-0.39, 0.29) is 0 Å². The molecular formula is C22H32O4. The van der Waals surface area contributed by atoms with Crippen LogP contribution < -0.4 is 0 Å². The summed E-state index contributed by atoms with van der Waals surface area (Å²) in [5.74, 6) is -1.35. The van der Waals surface area contributed by atoms with Crippen molar-refractivity contribution in [1.82, 2.24) is 0 Å². The molecule has 4 heteroatoms. The minimum atomic E-state index is -0.729. The van der Waals surface area contributed by atoms with E-state index in [1.165, 1.54) is 11.1 Å². The fourth-order valence-corrected chi connectivity index (χ4v) is 3.54. The lowest BCUT2D eigenvalue weighted by atomic mass is 9.86. The molecule has 1 aromatic rings. The first kappa shape index (κ1) is 20.5. The van der Waals surface area contributed by atoms with E-state index in [1.54, 1.807) is 13.8 Å². The minimum Gasteiger partial charge on any atom is -0.481 e. The Morgan fingerprint density at radius 2 is 1.50 bits per heavy atom. The van der Waals surface area contributed by atoms with E-state index in [2.05, 4.69) is 24.3 Å². The third-order valence-electron chi connectivity index (χ3n) is 5.85. The Morgan fingerprint density at radius 1 is 0.962 bits per heavy atom. The number of hydrogen-bond acceptors (Lipinski definition) is 2. The molecule has 0 bridgehead atoms. The summed E-state index contributed by atoms with van der Waals surface area (Å²) < 4.78 is 0. The van der Waals surface area contributed by atoms with Gasteiger partial charge in [-0.25, -0.2) is 0 Å². The van der Waals surface area contributed by atoms with Crippen molar-refractivity contribution in [3.8, 4) is 0 Å². The standard InChI is InChI=1S/C22H32O4/c1-21(2,19(23)24)13-7-5-11-17-9-3-4-10-18(17)12-6-8-14-22(15-16-22)20(25)26/h3-4,9-10H,5-8,11-16H2,1-2H3,(H,23,24)(H,25,26). The molecule has 1 saturated carbocycles. The number of rotatable bonds is 12. The van der Waals surface area contributed by atoms with Crippen molar-refractivity contribution in [1.29, 1.82) is 0 Å². The molecule has 0 atom stereocenters. The van der Waals surface area contributed by atoms with Crippen LogP contribution >= 0.6 is 0 Å². The summed E-state index contributed by atoms with van der Waals surface area (Å²) in [6, 6.07) is 8.45. The Hall–Kier alpha value is -1.84. The van der Waals surface area contributed by atoms with Crippen LogP contribution in [-0.2, 0) is 22.4 Å². The van der Waals surface area contributed by atoms with Crippen molar-refractivity contribution in [2.24, 2.45) is 10.8 Å². The summed E-state index contributed by atoms with van der Waals surface area (Å²) >= 11 is 0. The first-order valence-electron chi connectivity index (χ1n) is 9.80. The second kappa shape index (κ2) is 8.70. The smallest absolute Gasteiger partial charge is 0.309 e. The predicted molar refractivity (Wildman–Crippen MR) is 102 cm³/mol. The normalized spacial score (nSPS) is 15.6. The summed E-state index contributed by atoms with van der Waals surface area (Å²) in [6.45, 7) is 3.57. The highest BCUT2D eigenvalue weighted by atomic mass is 16.4. The molecule has 0 heterocycles. The van der Waals surface area contributed by atoms with Crippen LogP contribution in [0.25, 0.3) is 0 Å². The Morgan fingerprint density at radius 3 is 1.96 bits per heavy atom. The van der Waals surface area contributed by atoms with Crippen LogP contribution in [0.1, 0.15) is 76.3 Å². The van der Waals surface area contributed by atoms with Gasteiger partial charge in [0.1, 0.15) is 0 Å². The van der Waals surface area contributed by atoms with Gasteiger partial charge >= 0.3 is 11.9 Å². The topological polar surface area (TPSA) is 74.6 Å². The molecule has 4 nitrogen and oxygen atoms in total. The van der Waals surface area contributed by atoms with E-state index in [1.807, 2.05) is 0 Å². The third kappa shape index (κ3) is 5.58. The lowest BCUT2D eigenvalue weighted by molar-refractivity contribution is -0.147. The summed E-state index contributed by atoms with van der Waals surface area (Å²) in [5.41, 5.74) is 1.64. The number of carboxylic acid groups (broad SMARTS) is 2. The van der Waals surface area contributed by atoms with E-state index < -0.39 is 22.8 Å². The van der Waals surface area contributed by atoms with E-state index in [0.29, 0.717) is 6.42 Å². The van der Waals surface area contributed by atoms with Gasteiger partial charge in [0.15, 0.2) is 0 Å². The molecule has 1 aliphatic rings. The Balaban J connectivity index is 1.75. The largest absolute Gasteiger partial charge is 0.481 e. The average molecular weight is 360 g/mol. The van der Waals surface area contributed by atoms with Gasteiger partial charge in [0.05, 0.1) is 10.8 Å². The maximum Gasteiger partial charge on any atom is 0.309 e. The molecular weight excluding hydrogens is 328 g/mol. The molecule has 0 unspecified atom stereocenters. The van der Waals surface area contributed by atoms with Gasteiger partial charge in [-0.15, -0.1) is 0 Å². The van der Waals surface area contributed by atoms with Gasteiger partial charge in [0.2, 0.25) is 0 Å². The molecule has 0 radical (unpaired) electrons. The van der Waals surface area contributed by atoms with Crippen molar-refractivity contribution in [3.63, 3.8) is 0 Å². The zero-order valence-corrected chi connectivity index (χ0v) is 16.1. The maximum absolute atomic E-state index is 11.2. The molecule has 1 aromatic carbocycles. The van der Waals surface area contributed by atoms with E-state index in [4.69, 9.17) is 0 Å². The van der Waals surface area contributed by atoms with Crippen LogP contribution in [0.4, 0.5) is 0 Å². The van der Waals surface area contributed by atoms with Crippen molar-refractivity contribution >= 4 is 11.9 Å². The quantitative estimate of drug-likeness (QED) is 0.509. The van der Waals surface area contributed by atoms with E-state index in [0.717, 1.165) is 57.8 Å². The summed E-state index contributed by atoms with van der Waals surface area (Å²) in [6.07, 6.45) is 9.04. The van der Waals surface area contributed by atoms with Gasteiger partial charge in [-0.3, -0.25) is 9.59 Å². The lowest BCUT2D eigenvalue weighted by Gasteiger charge is -2.18. The van der Waals surface area contributed by atoms with Crippen molar-refractivity contribution in [2.75, 3.05) is 0 Å². The number of hydrogen-bond donors (Lipinski definition) is 2. The van der Waals surface area contributed by atoms with Crippen molar-refractivity contribution < 1.29 is 19.8 Å². The predicted octanol–water partition coefficient (Wildman–Crippen LogP) is 5.09. The monoisotopic (exact) mass is 360 g/mol. The van der Waals surface area contributed by atoms with Crippen molar-refractivity contribution in [3.05, 3.63) is 35.4 Å². The molecule has 144 valence electrons. The highest BCUT2D eigenvalue weighted by Crippen LogP contribution is 2.50. The van der Waals surface area contributed by atoms with Gasteiger partial charge in [-0.1, -0.05) is 37.1 Å². The summed E-state index contributed by atoms with van der Waals surface area (Å²) in [5, 5.41) is 18.4. The minimum absolute atomic E-state index is 0.406. The van der Waals surface area contributed by atoms with Crippen LogP contribution in [0, 0.1) is 10.8 Å². The van der Waals surface area contributed by atoms with Crippen LogP contribution in [0.2, 0.25) is 0 Å². The van der Waals surface area contributed by atoms with Crippen LogP contribution in [0.3, 0.4) is 0 Å². The number of benzene rings is 1. The first-order chi connectivity index (χ1) is 12.3. The van der Waals surface area contributed by atoms with E-state index in [9.17, 15) is 19.8 Å². The fraction of sp³-hybridized carbons (Fsp3) is 0.636. The molecule has 0 spiro atoms. The maximum atomic E-state index is 11.2. The Bertz CT molecular complexity index is 586. The van der Waals surface area contributed by atoms with Gasteiger partial charge in [-0.05, 0) is 76.3 Å². The highest BCUT2D eigenvalue weighted by molar-refractivity contribution is 5.77. The van der Waals surface area contributed by atoms with Gasteiger partial charge in [-0.2, -0.15) is 0 Å². The lowest BCUT2D eigenvalue weighted by Crippen LogP contribution is -2.23. The number of aryl methyl sites for hydroxylation is 2. The van der Waals surface area contributed by atoms with Crippen molar-refractivity contribution in [2.45, 2.75) is 78.1 Å². The molecule has 26 heavy (non-hydrogen) atoms. The van der Waals surface area contributed by atoms with Gasteiger partial charge in [0.25, 0.3) is 0 Å². The molecule has 2 N–H and O–H groups in total. The number of aliphatic carboxylic acids is 2. The summed E-state index contributed by atoms with van der Waals surface area (Å²) in [4.78, 5) is 22.4. The number of carbonyl (C=O) groups is 2. The van der Waals surface area contributed by atoms with Crippen LogP contribution in [0.5, 0.6) is 0 Å². The van der Waals surface area contributed by atoms with E-state index >= 15 is 0 Å². The molecule has 0 amide bonds. The Labute approximate surface area is 156 Å². The fourth-order valence-electron chi connectivity index (χ4n) is 3.54.